The van der Waals surface area contributed by atoms with Crippen LogP contribution in [-0.2, 0) is 16.6 Å². The topological polar surface area (TPSA) is 134 Å². The molecule has 2 aromatic heterocycles. The summed E-state index contributed by atoms with van der Waals surface area (Å²) in [5.74, 6) is -0.847. The molecule has 256 valence electrons. The van der Waals surface area contributed by atoms with E-state index in [2.05, 4.69) is 31.0 Å². The van der Waals surface area contributed by atoms with E-state index in [1.54, 1.807) is 56.7 Å². The van der Waals surface area contributed by atoms with E-state index in [1.807, 2.05) is 18.2 Å². The van der Waals surface area contributed by atoms with Crippen LogP contribution < -0.4 is 29.8 Å². The van der Waals surface area contributed by atoms with Gasteiger partial charge in [-0.2, -0.15) is 0 Å². The van der Waals surface area contributed by atoms with Crippen LogP contribution in [-0.4, -0.2) is 44.3 Å². The van der Waals surface area contributed by atoms with Crippen LogP contribution in [0.2, 0.25) is 0 Å². The van der Waals surface area contributed by atoms with Crippen molar-refractivity contribution >= 4 is 48.5 Å². The molecule has 0 saturated carbocycles. The van der Waals surface area contributed by atoms with Gasteiger partial charge in [0.2, 0.25) is 11.8 Å². The van der Waals surface area contributed by atoms with E-state index in [4.69, 9.17) is 19.2 Å². The van der Waals surface area contributed by atoms with Crippen LogP contribution in [0.1, 0.15) is 5.56 Å². The van der Waals surface area contributed by atoms with E-state index in [-0.39, 0.29) is 22.5 Å². The Hall–Kier alpha value is -5.54. The molecule has 4 aromatic carbocycles. The number of hydrogen-bond donors (Lipinski definition) is 2. The second kappa shape index (κ2) is 14.1. The molecule has 0 atom stereocenters. The molecule has 0 fully saturated rings. The zero-order valence-corrected chi connectivity index (χ0v) is 29.1. The minimum atomic E-state index is -4.51. The summed E-state index contributed by atoms with van der Waals surface area (Å²) in [6.07, 6.45) is 1.44. The maximum Gasteiger partial charge on any atom is 0.267 e. The molecule has 0 unspecified atom stereocenters. The number of pyridine rings is 1. The quantitative estimate of drug-likeness (QED) is 0.144. The number of benzene rings is 4. The summed E-state index contributed by atoms with van der Waals surface area (Å²) >= 11 is 3.48. The third-order valence-corrected chi connectivity index (χ3v) is 9.53. The van der Waals surface area contributed by atoms with Gasteiger partial charge in [0, 0.05) is 28.8 Å². The lowest BCUT2D eigenvalue weighted by Gasteiger charge is -2.17. The van der Waals surface area contributed by atoms with Gasteiger partial charge in [-0.1, -0.05) is 34.1 Å². The van der Waals surface area contributed by atoms with Crippen molar-refractivity contribution in [1.29, 1.82) is 0 Å². The average Bonchev–Trinajstić information content (AvgIpc) is 3.10. The fourth-order valence-electron chi connectivity index (χ4n) is 5.25. The molecule has 0 aliphatic carbocycles. The van der Waals surface area contributed by atoms with Gasteiger partial charge in [0.15, 0.2) is 11.5 Å². The summed E-state index contributed by atoms with van der Waals surface area (Å²) in [5, 5.41) is 3.55. The van der Waals surface area contributed by atoms with Crippen LogP contribution in [0.4, 0.5) is 20.4 Å². The van der Waals surface area contributed by atoms with E-state index in [0.29, 0.717) is 52.4 Å². The Morgan fingerprint density at radius 1 is 0.860 bits per heavy atom. The van der Waals surface area contributed by atoms with Crippen molar-refractivity contribution in [3.05, 3.63) is 123 Å². The Labute approximate surface area is 293 Å². The minimum Gasteiger partial charge on any atom is -0.493 e. The predicted octanol–water partition coefficient (Wildman–Crippen LogP) is 6.93. The highest BCUT2D eigenvalue weighted by molar-refractivity contribution is 9.10. The number of sulfonamides is 1. The van der Waals surface area contributed by atoms with Crippen molar-refractivity contribution in [3.8, 4) is 34.2 Å². The standard InChI is InChI=1S/C35H28BrF2N5O6S/c1-47-30-11-7-20(13-31(30)48-2)18-40-35-41-28-10-8-21(14-26(28)34(44)43(35)25-6-4-5-23(36)16-25)22-15-29(33(49-3)39-19-22)42-50(45,46)32-12-9-24(37)17-27(32)38/h4-17,19,42H,18H2,1-3H3,(H,40,41). The SMILES string of the molecule is COc1ccc(CNc2nc3ccc(-c4cnc(OC)c(NS(=O)(=O)c5ccc(F)cc5F)c4)cc3c(=O)n2-c2cccc(Br)c2)cc1OC. The zero-order valence-electron chi connectivity index (χ0n) is 26.7. The van der Waals surface area contributed by atoms with Crippen molar-refractivity contribution in [1.82, 2.24) is 14.5 Å². The lowest BCUT2D eigenvalue weighted by Crippen LogP contribution is -2.24. The molecule has 0 spiro atoms. The average molecular weight is 765 g/mol. The molecule has 0 radical (unpaired) electrons. The summed E-state index contributed by atoms with van der Waals surface area (Å²) in [7, 11) is -0.110. The molecule has 0 aliphatic heterocycles. The summed E-state index contributed by atoms with van der Waals surface area (Å²) in [6.45, 7) is 0.308. The molecule has 50 heavy (non-hydrogen) atoms. The molecule has 15 heteroatoms. The van der Waals surface area contributed by atoms with E-state index in [0.717, 1.165) is 22.2 Å². The molecule has 6 aromatic rings. The van der Waals surface area contributed by atoms with Gasteiger partial charge in [-0.15, -0.1) is 0 Å². The van der Waals surface area contributed by atoms with E-state index < -0.39 is 26.6 Å². The molecule has 2 heterocycles. The molecule has 11 nitrogen and oxygen atoms in total. The van der Waals surface area contributed by atoms with Gasteiger partial charge in [0.25, 0.3) is 15.6 Å². The van der Waals surface area contributed by atoms with Gasteiger partial charge >= 0.3 is 0 Å². The Balaban J connectivity index is 1.41. The van der Waals surface area contributed by atoms with Gasteiger partial charge in [-0.05, 0) is 71.8 Å². The molecule has 2 N–H and O–H groups in total. The van der Waals surface area contributed by atoms with Crippen molar-refractivity contribution in [3.63, 3.8) is 0 Å². The number of anilines is 2. The van der Waals surface area contributed by atoms with Crippen molar-refractivity contribution in [2.75, 3.05) is 31.4 Å². The van der Waals surface area contributed by atoms with Crippen LogP contribution in [0.3, 0.4) is 0 Å². The summed E-state index contributed by atoms with van der Waals surface area (Å²) in [6, 6.07) is 21.3. The number of nitrogens with zero attached hydrogens (tertiary/aromatic N) is 3. The minimum absolute atomic E-state index is 0.0930. The normalized spacial score (nSPS) is 11.3. The number of methoxy groups -OCH3 is 3. The number of nitrogens with one attached hydrogen (secondary N) is 2. The van der Waals surface area contributed by atoms with Crippen molar-refractivity contribution < 1.29 is 31.4 Å². The first-order valence-electron chi connectivity index (χ1n) is 14.8. The van der Waals surface area contributed by atoms with Gasteiger partial charge in [0.05, 0.1) is 37.9 Å². The predicted molar refractivity (Wildman–Crippen MR) is 189 cm³/mol. The summed E-state index contributed by atoms with van der Waals surface area (Å²) in [5.41, 5.74) is 2.24. The maximum absolute atomic E-state index is 14.4. The second-order valence-electron chi connectivity index (χ2n) is 10.8. The summed E-state index contributed by atoms with van der Waals surface area (Å²) in [4.78, 5) is 22.5. The number of ether oxygens (including phenoxy) is 3. The molecule has 6 rings (SSSR count). The third-order valence-electron chi connectivity index (χ3n) is 7.64. The number of halogens is 3. The number of rotatable bonds is 11. The fourth-order valence-corrected chi connectivity index (χ4v) is 6.74. The first-order valence-corrected chi connectivity index (χ1v) is 17.1. The third kappa shape index (κ3) is 6.95. The molecular weight excluding hydrogens is 736 g/mol. The molecule has 0 amide bonds. The van der Waals surface area contributed by atoms with Crippen LogP contribution in [0, 0.1) is 11.6 Å². The largest absolute Gasteiger partial charge is 0.493 e. The molecule has 0 aliphatic rings. The Kier molecular flexibility index (Phi) is 9.70. The Bertz CT molecular complexity index is 2430. The van der Waals surface area contributed by atoms with Crippen molar-refractivity contribution in [2.45, 2.75) is 11.4 Å². The highest BCUT2D eigenvalue weighted by Crippen LogP contribution is 2.32. The number of fused-ring (bicyclic) bond motifs is 1. The van der Waals surface area contributed by atoms with Gasteiger partial charge in [-0.3, -0.25) is 9.52 Å². The molecule has 0 bridgehead atoms. The first-order chi connectivity index (χ1) is 24.0. The van der Waals surface area contributed by atoms with Crippen LogP contribution in [0.5, 0.6) is 17.4 Å². The lowest BCUT2D eigenvalue weighted by molar-refractivity contribution is 0.354. The van der Waals surface area contributed by atoms with Crippen LogP contribution in [0.15, 0.2) is 105 Å². The van der Waals surface area contributed by atoms with E-state index >= 15 is 0 Å². The Morgan fingerprint density at radius 3 is 2.38 bits per heavy atom. The first kappa shape index (κ1) is 34.3. The monoisotopic (exact) mass is 763 g/mol. The smallest absolute Gasteiger partial charge is 0.267 e. The van der Waals surface area contributed by atoms with Crippen LogP contribution in [0.25, 0.3) is 27.7 Å². The lowest BCUT2D eigenvalue weighted by atomic mass is 10.0. The summed E-state index contributed by atoms with van der Waals surface area (Å²) < 4.78 is 74.5. The molecular formula is C35H28BrF2N5O6S. The van der Waals surface area contributed by atoms with E-state index in [9.17, 15) is 22.0 Å². The van der Waals surface area contributed by atoms with Gasteiger partial charge < -0.3 is 19.5 Å². The Morgan fingerprint density at radius 2 is 1.66 bits per heavy atom. The maximum atomic E-state index is 14.4. The zero-order chi connectivity index (χ0) is 35.6. The molecule has 0 saturated heterocycles. The number of hydrogen-bond acceptors (Lipinski definition) is 9. The fraction of sp³-hybridized carbons (Fsp3) is 0.114. The van der Waals surface area contributed by atoms with E-state index in [1.165, 1.54) is 23.9 Å². The number of aromatic nitrogens is 3. The van der Waals surface area contributed by atoms with Crippen molar-refractivity contribution in [2.24, 2.45) is 0 Å². The van der Waals surface area contributed by atoms with Gasteiger partial charge in [0.1, 0.15) is 22.2 Å². The van der Waals surface area contributed by atoms with Gasteiger partial charge in [-0.25, -0.2) is 31.7 Å². The van der Waals surface area contributed by atoms with Crippen LogP contribution >= 0.6 is 15.9 Å². The highest BCUT2D eigenvalue weighted by atomic mass is 79.9. The second-order valence-corrected chi connectivity index (χ2v) is 13.4. The highest BCUT2D eigenvalue weighted by Gasteiger charge is 2.23.